The molecule has 23 heavy (non-hydrogen) atoms. The molecule has 2 aliphatic carbocycles. The molecular weight excluding hydrogens is 354 g/mol. The number of thioether (sulfide) groups is 1. The number of hydrogen-bond donors (Lipinski definition) is 0. The van der Waals surface area contributed by atoms with Crippen LogP contribution in [-0.2, 0) is 18.3 Å². The standard InChI is InChI=1S/C17H15Cl2FN2S/c1-23-16-21-13-10(15(19)22-16)6-8-17(14(13)20)7-5-9-11(17)3-2-4-12(9)18/h2-4,14H,5-8H2,1H3/t14-,17+/m0/s1. The number of aromatic nitrogens is 2. The van der Waals surface area contributed by atoms with E-state index in [1.165, 1.54) is 11.8 Å². The van der Waals surface area contributed by atoms with Crippen LogP contribution >= 0.6 is 35.0 Å². The van der Waals surface area contributed by atoms with Crippen LogP contribution in [0.15, 0.2) is 23.4 Å². The summed E-state index contributed by atoms with van der Waals surface area (Å²) in [6.07, 6.45) is 3.71. The molecule has 0 aliphatic heterocycles. The predicted octanol–water partition coefficient (Wildman–Crippen LogP) is 5.35. The van der Waals surface area contributed by atoms with E-state index < -0.39 is 11.6 Å². The lowest BCUT2D eigenvalue weighted by Crippen LogP contribution is -2.35. The van der Waals surface area contributed by atoms with Crippen molar-refractivity contribution < 1.29 is 4.39 Å². The number of fused-ring (bicyclic) bond motifs is 3. The lowest BCUT2D eigenvalue weighted by molar-refractivity contribution is 0.154. The first kappa shape index (κ1) is 15.7. The Bertz CT molecular complexity index is 798. The number of benzene rings is 1. The van der Waals surface area contributed by atoms with Crippen LogP contribution in [0.2, 0.25) is 10.2 Å². The Kier molecular flexibility index (Phi) is 3.82. The number of alkyl halides is 1. The van der Waals surface area contributed by atoms with Gasteiger partial charge in [0.15, 0.2) is 11.3 Å². The number of rotatable bonds is 1. The molecule has 1 aromatic heterocycles. The van der Waals surface area contributed by atoms with Gasteiger partial charge in [0.05, 0.1) is 5.69 Å². The lowest BCUT2D eigenvalue weighted by atomic mass is 9.68. The highest BCUT2D eigenvalue weighted by atomic mass is 35.5. The molecule has 0 amide bonds. The van der Waals surface area contributed by atoms with E-state index in [0.717, 1.165) is 41.0 Å². The highest BCUT2D eigenvalue weighted by Crippen LogP contribution is 2.56. The van der Waals surface area contributed by atoms with Crippen LogP contribution in [0.4, 0.5) is 4.39 Å². The Hall–Kier alpha value is -0.840. The second-order valence-electron chi connectivity index (χ2n) is 6.15. The third-order valence-corrected chi connectivity index (χ3v) is 6.39. The van der Waals surface area contributed by atoms with Crippen LogP contribution in [-0.4, -0.2) is 16.2 Å². The molecule has 0 bridgehead atoms. The topological polar surface area (TPSA) is 25.8 Å². The molecule has 4 rings (SSSR count). The van der Waals surface area contributed by atoms with Crippen LogP contribution < -0.4 is 0 Å². The van der Waals surface area contributed by atoms with E-state index in [1.54, 1.807) is 0 Å². The number of nitrogens with zero attached hydrogens (tertiary/aromatic N) is 2. The maximum atomic E-state index is 15.6. The van der Waals surface area contributed by atoms with Crippen molar-refractivity contribution in [3.63, 3.8) is 0 Å². The van der Waals surface area contributed by atoms with Crippen LogP contribution in [0.3, 0.4) is 0 Å². The van der Waals surface area contributed by atoms with Gasteiger partial charge in [-0.3, -0.25) is 0 Å². The van der Waals surface area contributed by atoms with Gasteiger partial charge in [-0.1, -0.05) is 47.1 Å². The van der Waals surface area contributed by atoms with Crippen LogP contribution in [0.1, 0.15) is 41.4 Å². The van der Waals surface area contributed by atoms with Crippen molar-refractivity contribution in [2.75, 3.05) is 6.26 Å². The summed E-state index contributed by atoms with van der Waals surface area (Å²) in [7, 11) is 0. The third-order valence-electron chi connectivity index (χ3n) is 5.17. The van der Waals surface area contributed by atoms with E-state index in [-0.39, 0.29) is 0 Å². The summed E-state index contributed by atoms with van der Waals surface area (Å²) in [4.78, 5) is 8.69. The SMILES string of the molecule is CSc1nc(Cl)c2c(n1)[C@H](F)[C@]1(CCc3c(Cl)cccc31)CC2. The molecule has 1 heterocycles. The molecule has 2 aliphatic rings. The van der Waals surface area contributed by atoms with Gasteiger partial charge in [0.1, 0.15) is 5.15 Å². The molecule has 0 N–H and O–H groups in total. The second-order valence-corrected chi connectivity index (χ2v) is 7.69. The van der Waals surface area contributed by atoms with Gasteiger partial charge in [0.25, 0.3) is 0 Å². The van der Waals surface area contributed by atoms with Gasteiger partial charge in [-0.05, 0) is 49.1 Å². The molecule has 0 unspecified atom stereocenters. The Morgan fingerprint density at radius 3 is 2.65 bits per heavy atom. The first-order valence-electron chi connectivity index (χ1n) is 7.59. The zero-order chi connectivity index (χ0) is 16.2. The Morgan fingerprint density at radius 2 is 1.91 bits per heavy atom. The van der Waals surface area contributed by atoms with Gasteiger partial charge >= 0.3 is 0 Å². The second kappa shape index (κ2) is 5.61. The summed E-state index contributed by atoms with van der Waals surface area (Å²) >= 11 is 14.0. The van der Waals surface area contributed by atoms with Gasteiger partial charge < -0.3 is 0 Å². The molecule has 0 fully saturated rings. The van der Waals surface area contributed by atoms with Crippen molar-refractivity contribution in [1.29, 1.82) is 0 Å². The molecule has 0 saturated carbocycles. The molecule has 0 saturated heterocycles. The van der Waals surface area contributed by atoms with Gasteiger partial charge in [0, 0.05) is 16.0 Å². The molecule has 2 aromatic rings. The van der Waals surface area contributed by atoms with Crippen molar-refractivity contribution >= 4 is 35.0 Å². The summed E-state index contributed by atoms with van der Waals surface area (Å²) < 4.78 is 15.6. The van der Waals surface area contributed by atoms with Crippen LogP contribution in [0.25, 0.3) is 0 Å². The lowest BCUT2D eigenvalue weighted by Gasteiger charge is -2.38. The summed E-state index contributed by atoms with van der Waals surface area (Å²) in [6.45, 7) is 0. The van der Waals surface area contributed by atoms with E-state index in [1.807, 2.05) is 24.5 Å². The van der Waals surface area contributed by atoms with Crippen molar-refractivity contribution in [2.24, 2.45) is 0 Å². The zero-order valence-electron chi connectivity index (χ0n) is 12.6. The molecule has 1 spiro atoms. The highest BCUT2D eigenvalue weighted by molar-refractivity contribution is 7.98. The average Bonchev–Trinajstić information content (AvgIpc) is 2.92. The predicted molar refractivity (Wildman–Crippen MR) is 92.4 cm³/mol. The molecule has 2 nitrogen and oxygen atoms in total. The third kappa shape index (κ3) is 2.22. The minimum atomic E-state index is -1.17. The maximum Gasteiger partial charge on any atom is 0.189 e. The maximum absolute atomic E-state index is 15.6. The van der Waals surface area contributed by atoms with Crippen LogP contribution in [0.5, 0.6) is 0 Å². The Morgan fingerprint density at radius 1 is 1.17 bits per heavy atom. The largest absolute Gasteiger partial charge is 0.240 e. The van der Waals surface area contributed by atoms with Crippen molar-refractivity contribution in [3.8, 4) is 0 Å². The van der Waals surface area contributed by atoms with E-state index >= 15 is 4.39 Å². The molecule has 1 aromatic carbocycles. The van der Waals surface area contributed by atoms with Gasteiger partial charge in [-0.2, -0.15) is 0 Å². The number of hydrogen-bond acceptors (Lipinski definition) is 3. The molecule has 0 radical (unpaired) electrons. The quantitative estimate of drug-likeness (QED) is 0.385. The van der Waals surface area contributed by atoms with Crippen molar-refractivity contribution in [1.82, 2.24) is 9.97 Å². The van der Waals surface area contributed by atoms with Crippen LogP contribution in [0, 0.1) is 0 Å². The first-order chi connectivity index (χ1) is 11.1. The minimum Gasteiger partial charge on any atom is -0.240 e. The fourth-order valence-electron chi connectivity index (χ4n) is 4.01. The van der Waals surface area contributed by atoms with E-state index in [9.17, 15) is 0 Å². The first-order valence-corrected chi connectivity index (χ1v) is 9.57. The Labute approximate surface area is 148 Å². The normalized spacial score (nSPS) is 25.5. The van der Waals surface area contributed by atoms with E-state index in [4.69, 9.17) is 23.2 Å². The van der Waals surface area contributed by atoms with E-state index in [0.29, 0.717) is 22.4 Å². The average molecular weight is 369 g/mol. The molecule has 6 heteroatoms. The summed E-state index contributed by atoms with van der Waals surface area (Å²) in [5, 5.41) is 1.65. The zero-order valence-corrected chi connectivity index (χ0v) is 14.9. The number of halogens is 3. The minimum absolute atomic E-state index is 0.390. The monoisotopic (exact) mass is 368 g/mol. The van der Waals surface area contributed by atoms with Crippen molar-refractivity contribution in [3.05, 3.63) is 50.8 Å². The molecule has 120 valence electrons. The van der Waals surface area contributed by atoms with Gasteiger partial charge in [-0.15, -0.1) is 0 Å². The smallest absolute Gasteiger partial charge is 0.189 e. The summed E-state index contributed by atoms with van der Waals surface area (Å²) in [5.41, 5.74) is 2.83. The van der Waals surface area contributed by atoms with Gasteiger partial charge in [0.2, 0.25) is 0 Å². The van der Waals surface area contributed by atoms with Gasteiger partial charge in [-0.25, -0.2) is 14.4 Å². The van der Waals surface area contributed by atoms with Crippen molar-refractivity contribution in [2.45, 2.75) is 42.4 Å². The summed E-state index contributed by atoms with van der Waals surface area (Å²) in [6, 6.07) is 5.81. The highest BCUT2D eigenvalue weighted by Gasteiger charge is 2.50. The molecular formula is C17H15Cl2FN2S. The fourth-order valence-corrected chi connectivity index (χ4v) is 4.97. The fraction of sp³-hybridized carbons (Fsp3) is 0.412. The van der Waals surface area contributed by atoms with E-state index in [2.05, 4.69) is 9.97 Å². The molecule has 2 atom stereocenters. The Balaban J connectivity index is 1.87. The summed E-state index contributed by atoms with van der Waals surface area (Å²) in [5.74, 6) is 0.